The highest BCUT2D eigenvalue weighted by Gasteiger charge is 2.35. The van der Waals surface area contributed by atoms with Crippen LogP contribution < -0.4 is 5.32 Å². The summed E-state index contributed by atoms with van der Waals surface area (Å²) in [6, 6.07) is 0. The first kappa shape index (κ1) is 11.1. The summed E-state index contributed by atoms with van der Waals surface area (Å²) in [5, 5.41) is 2.12. The summed E-state index contributed by atoms with van der Waals surface area (Å²) in [6.45, 7) is 0. The number of esters is 1. The molecule has 2 rings (SSSR count). The van der Waals surface area contributed by atoms with Crippen LogP contribution in [-0.4, -0.2) is 23.9 Å². The van der Waals surface area contributed by atoms with Crippen molar-refractivity contribution in [1.82, 2.24) is 5.32 Å². The summed E-state index contributed by atoms with van der Waals surface area (Å²) in [6.07, 6.45) is 3.97. The highest BCUT2D eigenvalue weighted by molar-refractivity contribution is 6.05. The highest BCUT2D eigenvalue weighted by atomic mass is 16.5. The molecule has 0 aromatic rings. The minimum atomic E-state index is -0.901. The van der Waals surface area contributed by atoms with Gasteiger partial charge in [-0.25, -0.2) is 0 Å². The van der Waals surface area contributed by atoms with Crippen LogP contribution in [0.1, 0.15) is 38.5 Å². The van der Waals surface area contributed by atoms with Gasteiger partial charge >= 0.3 is 5.97 Å². The number of hydrogen-bond acceptors (Lipinski definition) is 4. The topological polar surface area (TPSA) is 72.5 Å². The summed E-state index contributed by atoms with van der Waals surface area (Å²) in [5.74, 6) is -1.27. The van der Waals surface area contributed by atoms with Gasteiger partial charge in [-0.2, -0.15) is 0 Å². The van der Waals surface area contributed by atoms with E-state index in [0.29, 0.717) is 0 Å². The van der Waals surface area contributed by atoms with Gasteiger partial charge in [0.2, 0.25) is 5.91 Å². The molecule has 1 N–H and O–H groups in total. The van der Waals surface area contributed by atoms with E-state index in [-0.39, 0.29) is 24.2 Å². The zero-order valence-corrected chi connectivity index (χ0v) is 9.03. The number of imide groups is 1. The van der Waals surface area contributed by atoms with E-state index in [0.717, 1.165) is 32.1 Å². The number of carbonyl (C=O) groups excluding carboxylic acids is 3. The van der Waals surface area contributed by atoms with E-state index in [1.807, 2.05) is 0 Å². The van der Waals surface area contributed by atoms with Crippen molar-refractivity contribution < 1.29 is 19.1 Å². The second-order valence-corrected chi connectivity index (χ2v) is 4.38. The van der Waals surface area contributed by atoms with E-state index in [2.05, 4.69) is 5.32 Å². The summed E-state index contributed by atoms with van der Waals surface area (Å²) in [5.41, 5.74) is 0. The maximum Gasteiger partial charge on any atom is 0.309 e. The molecule has 5 heteroatoms. The van der Waals surface area contributed by atoms with Crippen LogP contribution in [0.2, 0.25) is 0 Å². The second kappa shape index (κ2) is 4.63. The molecule has 1 aliphatic heterocycles. The van der Waals surface area contributed by atoms with Gasteiger partial charge in [0.1, 0.15) is 0 Å². The lowest BCUT2D eigenvalue weighted by molar-refractivity contribution is -0.159. The van der Waals surface area contributed by atoms with Crippen LogP contribution in [0.4, 0.5) is 0 Å². The number of nitrogens with one attached hydrogen (secondary N) is 1. The molecule has 2 amide bonds. The number of amides is 2. The Bertz CT molecular complexity index is 320. The van der Waals surface area contributed by atoms with Crippen LogP contribution in [0.3, 0.4) is 0 Å². The van der Waals surface area contributed by atoms with Gasteiger partial charge in [0.15, 0.2) is 6.10 Å². The molecule has 0 aromatic carbocycles. The van der Waals surface area contributed by atoms with Crippen molar-refractivity contribution in [3.05, 3.63) is 0 Å². The maximum atomic E-state index is 11.7. The predicted octanol–water partition coefficient (Wildman–Crippen LogP) is 0.525. The molecule has 1 atom stereocenters. The van der Waals surface area contributed by atoms with Crippen LogP contribution >= 0.6 is 0 Å². The minimum Gasteiger partial charge on any atom is -0.451 e. The van der Waals surface area contributed by atoms with Crippen molar-refractivity contribution in [1.29, 1.82) is 0 Å². The van der Waals surface area contributed by atoms with Crippen LogP contribution in [0, 0.1) is 5.92 Å². The number of rotatable bonds is 2. The predicted molar refractivity (Wildman–Crippen MR) is 54.2 cm³/mol. The number of hydrogen-bond donors (Lipinski definition) is 1. The molecule has 1 aliphatic carbocycles. The fraction of sp³-hybridized carbons (Fsp3) is 0.727. The van der Waals surface area contributed by atoms with Crippen molar-refractivity contribution >= 4 is 17.8 Å². The Morgan fingerprint density at radius 2 is 1.88 bits per heavy atom. The Kier molecular flexibility index (Phi) is 3.22. The third-order valence-corrected chi connectivity index (χ3v) is 3.12. The number of ether oxygens (including phenoxy) is 1. The molecule has 2 fully saturated rings. The molecule has 0 aromatic heterocycles. The second-order valence-electron chi connectivity index (χ2n) is 4.38. The van der Waals surface area contributed by atoms with Gasteiger partial charge in [0.05, 0.1) is 12.3 Å². The molecule has 16 heavy (non-hydrogen) atoms. The minimum absolute atomic E-state index is 0.0305. The lowest BCUT2D eigenvalue weighted by Gasteiger charge is -2.21. The molecule has 1 saturated carbocycles. The van der Waals surface area contributed by atoms with Gasteiger partial charge in [-0.1, -0.05) is 19.3 Å². The molecule has 1 unspecified atom stereocenters. The van der Waals surface area contributed by atoms with Crippen molar-refractivity contribution in [2.24, 2.45) is 5.92 Å². The fourth-order valence-electron chi connectivity index (χ4n) is 2.20. The first-order chi connectivity index (χ1) is 7.66. The molecule has 0 spiro atoms. The van der Waals surface area contributed by atoms with Gasteiger partial charge in [0.25, 0.3) is 5.91 Å². The van der Waals surface area contributed by atoms with E-state index in [9.17, 15) is 14.4 Å². The molecule has 5 nitrogen and oxygen atoms in total. The van der Waals surface area contributed by atoms with Crippen LogP contribution in [0.5, 0.6) is 0 Å². The molecule has 1 heterocycles. The molecular formula is C11H15NO4. The highest BCUT2D eigenvalue weighted by Crippen LogP contribution is 2.25. The maximum absolute atomic E-state index is 11.7. The van der Waals surface area contributed by atoms with Crippen LogP contribution in [0.15, 0.2) is 0 Å². The van der Waals surface area contributed by atoms with Gasteiger partial charge in [0, 0.05) is 0 Å². The Balaban J connectivity index is 1.86. The normalized spacial score (nSPS) is 26.6. The zero-order chi connectivity index (χ0) is 11.5. The lowest BCUT2D eigenvalue weighted by atomic mass is 9.89. The molecule has 88 valence electrons. The Labute approximate surface area is 93.5 Å². The third-order valence-electron chi connectivity index (χ3n) is 3.12. The van der Waals surface area contributed by atoms with E-state index in [1.54, 1.807) is 0 Å². The molecular weight excluding hydrogens is 210 g/mol. The van der Waals surface area contributed by atoms with Gasteiger partial charge in [-0.05, 0) is 12.8 Å². The monoisotopic (exact) mass is 225 g/mol. The van der Waals surface area contributed by atoms with E-state index in [1.165, 1.54) is 0 Å². The summed E-state index contributed by atoms with van der Waals surface area (Å²) >= 11 is 0. The largest absolute Gasteiger partial charge is 0.451 e. The fourth-order valence-corrected chi connectivity index (χ4v) is 2.20. The molecule has 0 bridgehead atoms. The van der Waals surface area contributed by atoms with Gasteiger partial charge < -0.3 is 4.74 Å². The van der Waals surface area contributed by atoms with Gasteiger partial charge in [-0.15, -0.1) is 0 Å². The zero-order valence-electron chi connectivity index (χ0n) is 9.03. The molecule has 2 aliphatic rings. The van der Waals surface area contributed by atoms with Crippen LogP contribution in [-0.2, 0) is 19.1 Å². The van der Waals surface area contributed by atoms with Gasteiger partial charge in [-0.3, -0.25) is 19.7 Å². The first-order valence-corrected chi connectivity index (χ1v) is 5.71. The summed E-state index contributed by atoms with van der Waals surface area (Å²) < 4.78 is 5.06. The van der Waals surface area contributed by atoms with Crippen molar-refractivity contribution in [3.63, 3.8) is 0 Å². The van der Waals surface area contributed by atoms with Crippen molar-refractivity contribution in [3.8, 4) is 0 Å². The van der Waals surface area contributed by atoms with E-state index in [4.69, 9.17) is 4.74 Å². The summed E-state index contributed by atoms with van der Waals surface area (Å²) in [7, 11) is 0. The Morgan fingerprint density at radius 3 is 2.44 bits per heavy atom. The smallest absolute Gasteiger partial charge is 0.309 e. The Hall–Kier alpha value is -1.39. The quantitative estimate of drug-likeness (QED) is 0.549. The van der Waals surface area contributed by atoms with Crippen LogP contribution in [0.25, 0.3) is 0 Å². The average Bonchev–Trinajstić information content (AvgIpc) is 2.59. The first-order valence-electron chi connectivity index (χ1n) is 5.71. The van der Waals surface area contributed by atoms with E-state index < -0.39 is 12.0 Å². The third kappa shape index (κ3) is 2.40. The molecule has 1 saturated heterocycles. The average molecular weight is 225 g/mol. The lowest BCUT2D eigenvalue weighted by Crippen LogP contribution is -2.31. The standard InChI is InChI=1S/C11H15NO4/c13-9-6-8(10(14)12-9)16-11(15)7-4-2-1-3-5-7/h7-8H,1-6H2,(H,12,13,14). The summed E-state index contributed by atoms with van der Waals surface area (Å²) in [4.78, 5) is 33.8. The Morgan fingerprint density at radius 1 is 1.19 bits per heavy atom. The van der Waals surface area contributed by atoms with E-state index >= 15 is 0 Å². The van der Waals surface area contributed by atoms with Crippen molar-refractivity contribution in [2.45, 2.75) is 44.6 Å². The SMILES string of the molecule is O=C1CC(OC(=O)C2CCCCC2)C(=O)N1. The van der Waals surface area contributed by atoms with Crippen molar-refractivity contribution in [2.75, 3.05) is 0 Å². The number of carbonyl (C=O) groups is 3. The molecule has 0 radical (unpaired) electrons.